The van der Waals surface area contributed by atoms with Gasteiger partial charge in [-0.15, -0.1) is 0 Å². The molecule has 1 spiro atoms. The van der Waals surface area contributed by atoms with E-state index >= 15 is 0 Å². The molecule has 5 rings (SSSR count). The van der Waals surface area contributed by atoms with Crippen molar-refractivity contribution < 1.29 is 14.0 Å². The molecule has 3 aromatic rings. The maximum atomic E-state index is 13.3. The van der Waals surface area contributed by atoms with E-state index in [-0.39, 0.29) is 12.5 Å². The summed E-state index contributed by atoms with van der Waals surface area (Å²) >= 11 is 3.36. The van der Waals surface area contributed by atoms with E-state index in [1.165, 1.54) is 16.5 Å². The van der Waals surface area contributed by atoms with E-state index in [1.54, 1.807) is 6.07 Å². The minimum absolute atomic E-state index is 0.0256. The molecular formula is C22H17BrN2O4. The van der Waals surface area contributed by atoms with Gasteiger partial charge in [-0.3, -0.25) is 9.69 Å². The van der Waals surface area contributed by atoms with Gasteiger partial charge in [-0.25, -0.2) is 9.59 Å². The van der Waals surface area contributed by atoms with Crippen LogP contribution in [0, 0.1) is 0 Å². The number of urea groups is 1. The van der Waals surface area contributed by atoms with Gasteiger partial charge in [-0.1, -0.05) is 40.2 Å². The van der Waals surface area contributed by atoms with Crippen molar-refractivity contribution in [2.75, 3.05) is 0 Å². The molecule has 2 aromatic carbocycles. The predicted octanol–water partition coefficient (Wildman–Crippen LogP) is 3.54. The lowest BCUT2D eigenvalue weighted by molar-refractivity contribution is -0.132. The zero-order valence-electron chi connectivity index (χ0n) is 15.4. The Balaban J connectivity index is 1.49. The van der Waals surface area contributed by atoms with Crippen LogP contribution in [0.4, 0.5) is 4.79 Å². The van der Waals surface area contributed by atoms with Gasteiger partial charge in [0.05, 0.1) is 6.54 Å². The maximum absolute atomic E-state index is 13.3. The third-order valence-corrected chi connectivity index (χ3v) is 6.29. The second-order valence-corrected chi connectivity index (χ2v) is 8.50. The number of imide groups is 1. The van der Waals surface area contributed by atoms with E-state index in [0.717, 1.165) is 16.5 Å². The largest absolute Gasteiger partial charge is 0.423 e. The number of nitrogens with one attached hydrogen (secondary N) is 1. The SMILES string of the molecule is O=C1NC2(CCc3ccccc3C2)C(=O)N1Cc1cc(=O)oc2cc(Br)ccc12. The van der Waals surface area contributed by atoms with Gasteiger partial charge in [0, 0.05) is 22.3 Å². The topological polar surface area (TPSA) is 79.6 Å². The number of fused-ring (bicyclic) bond motifs is 2. The number of carbonyl (C=O) groups is 2. The maximum Gasteiger partial charge on any atom is 0.336 e. The van der Waals surface area contributed by atoms with Crippen LogP contribution in [0.25, 0.3) is 11.0 Å². The number of amides is 3. The van der Waals surface area contributed by atoms with Crippen molar-refractivity contribution in [1.29, 1.82) is 0 Å². The average Bonchev–Trinajstić information content (AvgIpc) is 2.91. The Morgan fingerprint density at radius 3 is 2.69 bits per heavy atom. The first-order valence-corrected chi connectivity index (χ1v) is 10.2. The molecule has 1 aliphatic heterocycles. The zero-order valence-corrected chi connectivity index (χ0v) is 17.0. The molecule has 0 bridgehead atoms. The summed E-state index contributed by atoms with van der Waals surface area (Å²) < 4.78 is 6.04. The molecule has 29 heavy (non-hydrogen) atoms. The lowest BCUT2D eigenvalue weighted by Crippen LogP contribution is -2.51. The smallest absolute Gasteiger partial charge is 0.336 e. The van der Waals surface area contributed by atoms with Crippen molar-refractivity contribution in [1.82, 2.24) is 10.2 Å². The Labute approximate surface area is 174 Å². The van der Waals surface area contributed by atoms with Crippen molar-refractivity contribution in [3.8, 4) is 0 Å². The summed E-state index contributed by atoms with van der Waals surface area (Å²) in [4.78, 5) is 39.3. The summed E-state index contributed by atoms with van der Waals surface area (Å²) in [5.41, 5.74) is 1.87. The van der Waals surface area contributed by atoms with Crippen molar-refractivity contribution in [2.45, 2.75) is 31.3 Å². The molecule has 0 saturated carbocycles. The van der Waals surface area contributed by atoms with E-state index in [4.69, 9.17) is 4.42 Å². The van der Waals surface area contributed by atoms with Gasteiger partial charge in [0.15, 0.2) is 0 Å². The van der Waals surface area contributed by atoms with Gasteiger partial charge in [0.25, 0.3) is 5.91 Å². The van der Waals surface area contributed by atoms with Gasteiger partial charge in [-0.05, 0) is 47.7 Å². The molecule has 146 valence electrons. The molecular weight excluding hydrogens is 436 g/mol. The van der Waals surface area contributed by atoms with Crippen LogP contribution in [0.5, 0.6) is 0 Å². The molecule has 1 saturated heterocycles. The highest BCUT2D eigenvalue weighted by atomic mass is 79.9. The highest BCUT2D eigenvalue weighted by Crippen LogP contribution is 2.34. The van der Waals surface area contributed by atoms with Gasteiger partial charge in [-0.2, -0.15) is 0 Å². The minimum atomic E-state index is -0.913. The van der Waals surface area contributed by atoms with Crippen molar-refractivity contribution in [2.24, 2.45) is 0 Å². The van der Waals surface area contributed by atoms with Gasteiger partial charge in [0.1, 0.15) is 11.1 Å². The monoisotopic (exact) mass is 452 g/mol. The Hall–Kier alpha value is -2.93. The van der Waals surface area contributed by atoms with E-state index < -0.39 is 17.2 Å². The lowest BCUT2D eigenvalue weighted by Gasteiger charge is -2.32. The van der Waals surface area contributed by atoms with Crippen LogP contribution in [0.3, 0.4) is 0 Å². The van der Waals surface area contributed by atoms with E-state index in [2.05, 4.69) is 27.3 Å². The van der Waals surface area contributed by atoms with Gasteiger partial charge in [0.2, 0.25) is 0 Å². The second kappa shape index (κ2) is 6.56. The standard InChI is InChI=1S/C22H17BrN2O4/c23-16-5-6-17-15(9-19(26)29-18(17)10-16)12-25-20(27)22(24-21(25)28)8-7-13-3-1-2-4-14(13)11-22/h1-6,9-10H,7-8,11-12H2,(H,24,28). The molecule has 1 aliphatic carbocycles. The number of aryl methyl sites for hydroxylation is 1. The number of hydrogen-bond donors (Lipinski definition) is 1. The fraction of sp³-hybridized carbons (Fsp3) is 0.227. The normalized spacial score (nSPS) is 20.9. The van der Waals surface area contributed by atoms with E-state index in [9.17, 15) is 14.4 Å². The van der Waals surface area contributed by atoms with E-state index in [1.807, 2.05) is 30.3 Å². The molecule has 2 heterocycles. The van der Waals surface area contributed by atoms with Gasteiger partial charge >= 0.3 is 11.7 Å². The van der Waals surface area contributed by atoms with Crippen molar-refractivity contribution >= 4 is 38.8 Å². The number of halogens is 1. The van der Waals surface area contributed by atoms with Crippen molar-refractivity contribution in [3.63, 3.8) is 0 Å². The molecule has 1 unspecified atom stereocenters. The first-order chi connectivity index (χ1) is 13.9. The van der Waals surface area contributed by atoms with Crippen molar-refractivity contribution in [3.05, 3.63) is 80.1 Å². The number of benzene rings is 2. The average molecular weight is 453 g/mol. The molecule has 1 aromatic heterocycles. The lowest BCUT2D eigenvalue weighted by atomic mass is 9.78. The second-order valence-electron chi connectivity index (χ2n) is 7.58. The third-order valence-electron chi connectivity index (χ3n) is 5.80. The van der Waals surface area contributed by atoms with Gasteiger partial charge < -0.3 is 9.73 Å². The summed E-state index contributed by atoms with van der Waals surface area (Å²) in [7, 11) is 0. The fourth-order valence-corrected chi connectivity index (χ4v) is 4.69. The molecule has 2 aliphatic rings. The van der Waals surface area contributed by atoms with E-state index in [0.29, 0.717) is 29.4 Å². The molecule has 0 radical (unpaired) electrons. The Morgan fingerprint density at radius 1 is 1.07 bits per heavy atom. The summed E-state index contributed by atoms with van der Waals surface area (Å²) in [6.45, 7) is 0.0256. The molecule has 7 heteroatoms. The Bertz CT molecular complexity index is 1230. The first kappa shape index (κ1) is 18.1. The van der Waals surface area contributed by atoms with Crippen LogP contribution >= 0.6 is 15.9 Å². The van der Waals surface area contributed by atoms with Crippen LogP contribution in [-0.4, -0.2) is 22.4 Å². The predicted molar refractivity (Wildman–Crippen MR) is 110 cm³/mol. The Kier molecular flexibility index (Phi) is 4.10. The molecule has 1 fully saturated rings. The summed E-state index contributed by atoms with van der Waals surface area (Å²) in [6, 6.07) is 14.3. The summed E-state index contributed by atoms with van der Waals surface area (Å²) in [5.74, 6) is -0.240. The number of carbonyl (C=O) groups excluding carboxylic acids is 2. The fourth-order valence-electron chi connectivity index (χ4n) is 4.35. The molecule has 3 amide bonds. The van der Waals surface area contributed by atoms with Crippen LogP contribution in [-0.2, 0) is 24.2 Å². The zero-order chi connectivity index (χ0) is 20.2. The minimum Gasteiger partial charge on any atom is -0.423 e. The van der Waals surface area contributed by atoms with Crippen LogP contribution < -0.4 is 10.9 Å². The Morgan fingerprint density at radius 2 is 1.86 bits per heavy atom. The third kappa shape index (κ3) is 2.97. The summed E-state index contributed by atoms with van der Waals surface area (Å²) in [6.07, 6.45) is 1.78. The van der Waals surface area contributed by atoms with Crippen LogP contribution in [0.1, 0.15) is 23.1 Å². The molecule has 6 nitrogen and oxygen atoms in total. The first-order valence-electron chi connectivity index (χ1n) is 9.38. The summed E-state index contributed by atoms with van der Waals surface area (Å²) in [5, 5.41) is 3.63. The molecule has 1 N–H and O–H groups in total. The molecule has 1 atom stereocenters. The number of rotatable bonds is 2. The van der Waals surface area contributed by atoms with Crippen LogP contribution in [0.2, 0.25) is 0 Å². The highest BCUT2D eigenvalue weighted by Gasteiger charge is 2.52. The number of hydrogen-bond acceptors (Lipinski definition) is 4. The quantitative estimate of drug-likeness (QED) is 0.476. The van der Waals surface area contributed by atoms with Crippen LogP contribution in [0.15, 0.2) is 62.2 Å². The number of nitrogens with zero attached hydrogens (tertiary/aromatic N) is 1. The highest BCUT2D eigenvalue weighted by molar-refractivity contribution is 9.10.